The molecule has 2 heterocycles. The fourth-order valence-corrected chi connectivity index (χ4v) is 2.73. The van der Waals surface area contributed by atoms with Gasteiger partial charge in [-0.1, -0.05) is 15.9 Å². The van der Waals surface area contributed by atoms with Crippen LogP contribution in [-0.4, -0.2) is 22.9 Å². The number of aromatic nitrogens is 1. The Morgan fingerprint density at radius 3 is 3.00 bits per heavy atom. The lowest BCUT2D eigenvalue weighted by molar-refractivity contribution is 0.561. The Morgan fingerprint density at radius 2 is 2.33 bits per heavy atom. The maximum atomic E-state index is 13.6. The SMILES string of the molecule is Fc1cc(Br)cnc1N1CCCC(Br)C1. The average Bonchev–Trinajstić information content (AvgIpc) is 2.17. The standard InChI is InChI=1S/C10H11Br2FN2/c11-7-2-1-3-15(6-7)10-9(13)4-8(12)5-14-10/h4-5,7H,1-3,6H2. The molecule has 1 aromatic heterocycles. The molecule has 2 rings (SSSR count). The smallest absolute Gasteiger partial charge is 0.166 e. The molecule has 1 unspecified atom stereocenters. The van der Waals surface area contributed by atoms with Crippen molar-refractivity contribution < 1.29 is 4.39 Å². The number of alkyl halides is 1. The molecular formula is C10H11Br2FN2. The molecule has 1 aliphatic rings. The Balaban J connectivity index is 2.21. The molecule has 0 spiro atoms. The summed E-state index contributed by atoms with van der Waals surface area (Å²) in [6.45, 7) is 1.71. The van der Waals surface area contributed by atoms with E-state index in [1.165, 1.54) is 6.07 Å². The summed E-state index contributed by atoms with van der Waals surface area (Å²) in [5.74, 6) is 0.202. The highest BCUT2D eigenvalue weighted by atomic mass is 79.9. The van der Waals surface area contributed by atoms with Crippen molar-refractivity contribution in [1.29, 1.82) is 0 Å². The van der Waals surface area contributed by atoms with Gasteiger partial charge in [-0.25, -0.2) is 9.37 Å². The van der Waals surface area contributed by atoms with Crippen LogP contribution in [-0.2, 0) is 0 Å². The van der Waals surface area contributed by atoms with Crippen molar-refractivity contribution in [1.82, 2.24) is 4.98 Å². The van der Waals surface area contributed by atoms with E-state index in [1.54, 1.807) is 6.20 Å². The summed E-state index contributed by atoms with van der Waals surface area (Å²) in [5, 5.41) is 0. The minimum absolute atomic E-state index is 0.258. The zero-order valence-electron chi connectivity index (χ0n) is 8.09. The highest BCUT2D eigenvalue weighted by Crippen LogP contribution is 2.25. The summed E-state index contributed by atoms with van der Waals surface area (Å²) >= 11 is 6.77. The van der Waals surface area contributed by atoms with Crippen LogP contribution in [0.5, 0.6) is 0 Å². The molecule has 1 aliphatic heterocycles. The fraction of sp³-hybridized carbons (Fsp3) is 0.500. The Kier molecular flexibility index (Phi) is 3.61. The fourth-order valence-electron chi connectivity index (χ4n) is 1.76. The Bertz CT molecular complexity index is 359. The lowest BCUT2D eigenvalue weighted by Crippen LogP contribution is -2.36. The first-order valence-electron chi connectivity index (χ1n) is 4.87. The highest BCUT2D eigenvalue weighted by Gasteiger charge is 2.21. The quantitative estimate of drug-likeness (QED) is 0.730. The zero-order valence-corrected chi connectivity index (χ0v) is 11.3. The van der Waals surface area contributed by atoms with Gasteiger partial charge < -0.3 is 4.90 Å². The summed E-state index contributed by atoms with van der Waals surface area (Å²) in [7, 11) is 0. The zero-order chi connectivity index (χ0) is 10.8. The van der Waals surface area contributed by atoms with Gasteiger partial charge in [-0.15, -0.1) is 0 Å². The molecule has 1 fully saturated rings. The number of pyridine rings is 1. The monoisotopic (exact) mass is 336 g/mol. The minimum atomic E-state index is -0.258. The molecule has 1 aromatic rings. The number of anilines is 1. The third-order valence-electron chi connectivity index (χ3n) is 2.45. The first-order valence-corrected chi connectivity index (χ1v) is 6.58. The van der Waals surface area contributed by atoms with Crippen molar-refractivity contribution in [3.8, 4) is 0 Å². The van der Waals surface area contributed by atoms with Crippen molar-refractivity contribution in [2.45, 2.75) is 17.7 Å². The predicted octanol–water partition coefficient (Wildman–Crippen LogP) is 3.35. The molecule has 15 heavy (non-hydrogen) atoms. The van der Waals surface area contributed by atoms with Crippen LogP contribution in [0.3, 0.4) is 0 Å². The second-order valence-electron chi connectivity index (χ2n) is 3.64. The van der Waals surface area contributed by atoms with Crippen LogP contribution >= 0.6 is 31.9 Å². The molecule has 0 saturated carbocycles. The summed E-state index contributed by atoms with van der Waals surface area (Å²) in [5.41, 5.74) is 0. The van der Waals surface area contributed by atoms with Gasteiger partial charge in [0.25, 0.3) is 0 Å². The van der Waals surface area contributed by atoms with Gasteiger partial charge in [0.2, 0.25) is 0 Å². The van der Waals surface area contributed by atoms with Crippen LogP contribution in [0.2, 0.25) is 0 Å². The van der Waals surface area contributed by atoms with E-state index in [-0.39, 0.29) is 5.82 Å². The second kappa shape index (κ2) is 4.78. The van der Waals surface area contributed by atoms with Gasteiger partial charge in [0, 0.05) is 28.6 Å². The van der Waals surface area contributed by atoms with Crippen molar-refractivity contribution in [2.24, 2.45) is 0 Å². The van der Waals surface area contributed by atoms with Gasteiger partial charge in [-0.3, -0.25) is 0 Å². The first-order chi connectivity index (χ1) is 7.16. The molecule has 5 heteroatoms. The molecule has 0 radical (unpaired) electrons. The topological polar surface area (TPSA) is 16.1 Å². The van der Waals surface area contributed by atoms with Crippen molar-refractivity contribution >= 4 is 37.7 Å². The summed E-state index contributed by atoms with van der Waals surface area (Å²) in [4.78, 5) is 6.55. The molecule has 0 N–H and O–H groups in total. The van der Waals surface area contributed by atoms with E-state index in [9.17, 15) is 4.39 Å². The molecule has 82 valence electrons. The van der Waals surface area contributed by atoms with Crippen LogP contribution in [0, 0.1) is 5.82 Å². The number of hydrogen-bond donors (Lipinski definition) is 0. The Hall–Kier alpha value is -0.160. The molecule has 1 saturated heterocycles. The average molecular weight is 338 g/mol. The maximum absolute atomic E-state index is 13.6. The molecule has 1 atom stereocenters. The molecular weight excluding hydrogens is 327 g/mol. The van der Waals surface area contributed by atoms with Gasteiger partial charge in [-0.05, 0) is 34.8 Å². The van der Waals surface area contributed by atoms with E-state index < -0.39 is 0 Å². The lowest BCUT2D eigenvalue weighted by atomic mass is 10.1. The minimum Gasteiger partial charge on any atom is -0.353 e. The Labute approximate surface area is 105 Å². The first kappa shape index (κ1) is 11.3. The summed E-state index contributed by atoms with van der Waals surface area (Å²) in [6.07, 6.45) is 3.86. The van der Waals surface area contributed by atoms with Gasteiger partial charge in [0.05, 0.1) is 0 Å². The van der Waals surface area contributed by atoms with Crippen LogP contribution in [0.1, 0.15) is 12.8 Å². The summed E-state index contributed by atoms with van der Waals surface area (Å²) < 4.78 is 14.3. The van der Waals surface area contributed by atoms with E-state index >= 15 is 0 Å². The number of hydrogen-bond acceptors (Lipinski definition) is 2. The summed E-state index contributed by atoms with van der Waals surface area (Å²) in [6, 6.07) is 1.46. The molecule has 0 aromatic carbocycles. The number of rotatable bonds is 1. The van der Waals surface area contributed by atoms with Crippen molar-refractivity contribution in [3.05, 3.63) is 22.6 Å². The second-order valence-corrected chi connectivity index (χ2v) is 5.86. The van der Waals surface area contributed by atoms with E-state index in [0.717, 1.165) is 25.9 Å². The van der Waals surface area contributed by atoms with Gasteiger partial charge >= 0.3 is 0 Å². The maximum Gasteiger partial charge on any atom is 0.166 e. The largest absolute Gasteiger partial charge is 0.353 e. The molecule has 0 bridgehead atoms. The molecule has 2 nitrogen and oxygen atoms in total. The molecule has 0 amide bonds. The van der Waals surface area contributed by atoms with Gasteiger partial charge in [0.15, 0.2) is 11.6 Å². The van der Waals surface area contributed by atoms with Crippen LogP contribution in [0.25, 0.3) is 0 Å². The third kappa shape index (κ3) is 2.69. The number of piperidine rings is 1. The lowest BCUT2D eigenvalue weighted by Gasteiger charge is -2.31. The Morgan fingerprint density at radius 1 is 1.53 bits per heavy atom. The third-order valence-corrected chi connectivity index (χ3v) is 3.63. The van der Waals surface area contributed by atoms with Crippen LogP contribution in [0.15, 0.2) is 16.7 Å². The normalized spacial score (nSPS) is 21.8. The van der Waals surface area contributed by atoms with Crippen molar-refractivity contribution in [2.75, 3.05) is 18.0 Å². The van der Waals surface area contributed by atoms with Gasteiger partial charge in [0.1, 0.15) is 0 Å². The van der Waals surface area contributed by atoms with Crippen LogP contribution < -0.4 is 4.90 Å². The highest BCUT2D eigenvalue weighted by molar-refractivity contribution is 9.10. The van der Waals surface area contributed by atoms with E-state index in [1.807, 2.05) is 4.90 Å². The van der Waals surface area contributed by atoms with E-state index in [0.29, 0.717) is 15.1 Å². The number of halogens is 3. The van der Waals surface area contributed by atoms with E-state index in [2.05, 4.69) is 36.8 Å². The van der Waals surface area contributed by atoms with Crippen LogP contribution in [0.4, 0.5) is 10.2 Å². The van der Waals surface area contributed by atoms with E-state index in [4.69, 9.17) is 0 Å². The molecule has 0 aliphatic carbocycles. The predicted molar refractivity (Wildman–Crippen MR) is 66.1 cm³/mol. The van der Waals surface area contributed by atoms with Crippen molar-refractivity contribution in [3.63, 3.8) is 0 Å². The van der Waals surface area contributed by atoms with Gasteiger partial charge in [-0.2, -0.15) is 0 Å². The number of nitrogens with zero attached hydrogens (tertiary/aromatic N) is 2.